The summed E-state index contributed by atoms with van der Waals surface area (Å²) in [6.45, 7) is 0. The number of carbonyl (C=O) groups is 1. The van der Waals surface area contributed by atoms with E-state index in [1.54, 1.807) is 24.3 Å². The molecule has 2 heterocycles. The van der Waals surface area contributed by atoms with Crippen LogP contribution in [-0.2, 0) is 4.74 Å². The van der Waals surface area contributed by atoms with Gasteiger partial charge < -0.3 is 10.1 Å². The molecule has 7 nitrogen and oxygen atoms in total. The van der Waals surface area contributed by atoms with Crippen molar-refractivity contribution in [1.82, 2.24) is 4.90 Å². The molecule has 2 fully saturated rings. The number of nitrogens with zero attached hydrogens (tertiary/aromatic N) is 4. The third-order valence-corrected chi connectivity index (χ3v) is 7.03. The number of ether oxygens (including phenoxy) is 1. The zero-order chi connectivity index (χ0) is 21.6. The van der Waals surface area contributed by atoms with Gasteiger partial charge in [0, 0.05) is 23.9 Å². The van der Waals surface area contributed by atoms with Crippen molar-refractivity contribution in [2.75, 3.05) is 14.2 Å². The number of nitrogens with one attached hydrogen (secondary N) is 1. The number of esters is 1. The Labute approximate surface area is 175 Å². The van der Waals surface area contributed by atoms with Crippen molar-refractivity contribution in [2.24, 2.45) is 17.3 Å². The van der Waals surface area contributed by atoms with E-state index < -0.39 is 23.2 Å². The van der Waals surface area contributed by atoms with Crippen molar-refractivity contribution >= 4 is 11.7 Å². The van der Waals surface area contributed by atoms with Crippen LogP contribution in [0.15, 0.2) is 35.9 Å². The van der Waals surface area contributed by atoms with E-state index in [-0.39, 0.29) is 23.7 Å². The minimum atomic E-state index is -1.74. The van der Waals surface area contributed by atoms with Crippen molar-refractivity contribution in [3.8, 4) is 18.2 Å². The molecule has 2 bridgehead atoms. The number of likely N-dealkylation sites (N-methyl/N-ethyl adjacent to an activating group) is 1. The molecule has 30 heavy (non-hydrogen) atoms. The number of hydrogen-bond acceptors (Lipinski definition) is 7. The lowest BCUT2D eigenvalue weighted by atomic mass is 9.53. The molecular weight excluding hydrogens is 378 g/mol. The van der Waals surface area contributed by atoms with Crippen molar-refractivity contribution in [1.29, 1.82) is 21.2 Å². The van der Waals surface area contributed by atoms with Gasteiger partial charge in [-0.25, -0.2) is 4.79 Å². The monoisotopic (exact) mass is 399 g/mol. The lowest BCUT2D eigenvalue weighted by molar-refractivity contribution is 0.0600. The Morgan fingerprint density at radius 3 is 2.43 bits per heavy atom. The molecule has 1 aromatic rings. The van der Waals surface area contributed by atoms with E-state index >= 15 is 0 Å². The SMILES string of the molecule is COC(=O)c1ccc([C@H]2[C@@H]3C(=C[C@H]4CC[C@@H]3N4C)C(C#N)C(=N)C2(C#N)C#N)cc1. The highest BCUT2D eigenvalue weighted by Crippen LogP contribution is 2.57. The quantitative estimate of drug-likeness (QED) is 0.602. The second-order valence-electron chi connectivity index (χ2n) is 8.17. The van der Waals surface area contributed by atoms with E-state index in [0.29, 0.717) is 11.1 Å². The van der Waals surface area contributed by atoms with Crippen molar-refractivity contribution < 1.29 is 9.53 Å². The molecule has 150 valence electrons. The first kappa shape index (κ1) is 19.8. The topological polar surface area (TPSA) is 125 Å². The zero-order valence-corrected chi connectivity index (χ0v) is 16.8. The summed E-state index contributed by atoms with van der Waals surface area (Å²) in [7, 11) is 3.34. The van der Waals surface area contributed by atoms with Crippen LogP contribution in [0.3, 0.4) is 0 Å². The van der Waals surface area contributed by atoms with Crippen LogP contribution in [-0.4, -0.2) is 42.8 Å². The average molecular weight is 399 g/mol. The van der Waals surface area contributed by atoms with E-state index in [1.807, 2.05) is 7.05 Å². The van der Waals surface area contributed by atoms with E-state index in [0.717, 1.165) is 18.4 Å². The second kappa shape index (κ2) is 7.10. The molecule has 1 N–H and O–H groups in total. The highest BCUT2D eigenvalue weighted by molar-refractivity contribution is 6.01. The molecule has 7 heteroatoms. The first-order valence-corrected chi connectivity index (χ1v) is 9.86. The Bertz CT molecular complexity index is 1050. The fourth-order valence-electron chi connectivity index (χ4n) is 5.54. The zero-order valence-electron chi connectivity index (χ0n) is 16.8. The van der Waals surface area contributed by atoms with Gasteiger partial charge in [-0.15, -0.1) is 0 Å². The number of hydrogen-bond donors (Lipinski definition) is 1. The van der Waals surface area contributed by atoms with Crippen molar-refractivity contribution in [3.05, 3.63) is 47.0 Å². The second-order valence-corrected chi connectivity index (χ2v) is 8.17. The Morgan fingerprint density at radius 2 is 1.87 bits per heavy atom. The molecule has 1 aliphatic carbocycles. The molecule has 0 aromatic heterocycles. The van der Waals surface area contributed by atoms with Gasteiger partial charge in [-0.2, -0.15) is 15.8 Å². The largest absolute Gasteiger partial charge is 0.465 e. The van der Waals surface area contributed by atoms with Crippen molar-refractivity contribution in [3.63, 3.8) is 0 Å². The van der Waals surface area contributed by atoms with E-state index in [1.165, 1.54) is 7.11 Å². The summed E-state index contributed by atoms with van der Waals surface area (Å²) in [4.78, 5) is 14.1. The lowest BCUT2D eigenvalue weighted by Crippen LogP contribution is -2.55. The minimum Gasteiger partial charge on any atom is -0.465 e. The molecule has 1 unspecified atom stereocenters. The van der Waals surface area contributed by atoms with Gasteiger partial charge >= 0.3 is 5.97 Å². The van der Waals surface area contributed by atoms with Crippen LogP contribution in [0.4, 0.5) is 0 Å². The van der Waals surface area contributed by atoms with Gasteiger partial charge in [0.1, 0.15) is 5.92 Å². The van der Waals surface area contributed by atoms with Gasteiger partial charge in [0.15, 0.2) is 5.41 Å². The molecular formula is C23H21N5O2. The highest BCUT2D eigenvalue weighted by Gasteiger charge is 2.61. The molecule has 3 aliphatic rings. The summed E-state index contributed by atoms with van der Waals surface area (Å²) in [5.41, 5.74) is 0.0474. The molecule has 1 saturated carbocycles. The minimum absolute atomic E-state index is 0.0882. The van der Waals surface area contributed by atoms with Crippen molar-refractivity contribution in [2.45, 2.75) is 30.8 Å². The smallest absolute Gasteiger partial charge is 0.337 e. The summed E-state index contributed by atoms with van der Waals surface area (Å²) in [5, 5.41) is 38.8. The Balaban J connectivity index is 1.92. The summed E-state index contributed by atoms with van der Waals surface area (Å²) >= 11 is 0. The fourth-order valence-corrected chi connectivity index (χ4v) is 5.54. The molecule has 0 radical (unpaired) electrons. The van der Waals surface area contributed by atoms with Gasteiger partial charge in [-0.3, -0.25) is 4.90 Å². The molecule has 4 rings (SSSR count). The van der Waals surface area contributed by atoms with Crippen LogP contribution in [0, 0.1) is 56.7 Å². The van der Waals surface area contributed by atoms with Crippen LogP contribution in [0.25, 0.3) is 0 Å². The predicted molar refractivity (Wildman–Crippen MR) is 107 cm³/mol. The Morgan fingerprint density at radius 1 is 1.20 bits per heavy atom. The third kappa shape index (κ3) is 2.51. The summed E-state index contributed by atoms with van der Waals surface area (Å²) in [6, 6.07) is 13.4. The molecule has 2 aliphatic heterocycles. The standard InChI is InChI=1S/C23H21N5O2/c1-28-15-7-8-18(28)19-16(9-15)17(10-24)21(27)23(11-25,12-26)20(19)13-3-5-14(6-4-13)22(29)30-2/h3-6,9,15,17-20,27H,7-8H2,1-2H3/t15-,17?,18+,19-,20+/m1/s1. The van der Waals surface area contributed by atoms with E-state index in [2.05, 4.69) is 29.2 Å². The molecule has 0 spiro atoms. The first-order chi connectivity index (χ1) is 14.4. The van der Waals surface area contributed by atoms with Gasteiger partial charge in [-0.1, -0.05) is 18.2 Å². The lowest BCUT2D eigenvalue weighted by Gasteiger charge is -2.50. The molecule has 0 amide bonds. The van der Waals surface area contributed by atoms with Crippen LogP contribution in [0.1, 0.15) is 34.7 Å². The maximum Gasteiger partial charge on any atom is 0.337 e. The van der Waals surface area contributed by atoms with Gasteiger partial charge in [0.05, 0.1) is 36.6 Å². The summed E-state index contributed by atoms with van der Waals surface area (Å²) < 4.78 is 4.76. The fraction of sp³-hybridized carbons (Fsp3) is 0.435. The van der Waals surface area contributed by atoms with Gasteiger partial charge in [-0.05, 0) is 43.2 Å². The molecule has 1 saturated heterocycles. The maximum absolute atomic E-state index is 11.8. The van der Waals surface area contributed by atoms with Gasteiger partial charge in [0.25, 0.3) is 0 Å². The number of nitriles is 3. The summed E-state index contributed by atoms with van der Waals surface area (Å²) in [5.74, 6) is -2.16. The number of fused-ring (bicyclic) bond motifs is 4. The average Bonchev–Trinajstić information content (AvgIpc) is 3.01. The highest BCUT2D eigenvalue weighted by atomic mass is 16.5. The van der Waals surface area contributed by atoms with E-state index in [9.17, 15) is 20.6 Å². The number of rotatable bonds is 2. The third-order valence-electron chi connectivity index (χ3n) is 7.03. The van der Waals surface area contributed by atoms with Crippen LogP contribution in [0.2, 0.25) is 0 Å². The van der Waals surface area contributed by atoms with Crippen LogP contribution < -0.4 is 0 Å². The van der Waals surface area contributed by atoms with Crippen LogP contribution in [0.5, 0.6) is 0 Å². The van der Waals surface area contributed by atoms with E-state index in [4.69, 9.17) is 10.1 Å². The molecule has 5 atom stereocenters. The first-order valence-electron chi connectivity index (χ1n) is 9.86. The number of benzene rings is 1. The number of methoxy groups -OCH3 is 1. The number of carbonyl (C=O) groups excluding carboxylic acids is 1. The molecule has 1 aromatic carbocycles. The van der Waals surface area contributed by atoms with Crippen LogP contribution >= 0.6 is 0 Å². The maximum atomic E-state index is 11.8. The Kier molecular flexibility index (Phi) is 4.69. The predicted octanol–water partition coefficient (Wildman–Crippen LogP) is 2.78. The Hall–Kier alpha value is -3.47. The van der Waals surface area contributed by atoms with Gasteiger partial charge in [0.2, 0.25) is 0 Å². The summed E-state index contributed by atoms with van der Waals surface area (Å²) in [6.07, 6.45) is 3.93. The normalized spacial score (nSPS) is 31.5.